The minimum absolute atomic E-state index is 0.153. The van der Waals surface area contributed by atoms with Crippen molar-refractivity contribution in [3.63, 3.8) is 0 Å². The lowest BCUT2D eigenvalue weighted by molar-refractivity contribution is 0.136. The fourth-order valence-electron chi connectivity index (χ4n) is 4.44. The van der Waals surface area contributed by atoms with Crippen molar-refractivity contribution in [2.75, 3.05) is 6.54 Å². The number of nitrogens with zero attached hydrogens (tertiary/aromatic N) is 3. The average Bonchev–Trinajstić information content (AvgIpc) is 3.04. The maximum atomic E-state index is 12.6. The molecule has 2 aliphatic rings. The molecule has 2 aliphatic heterocycles. The summed E-state index contributed by atoms with van der Waals surface area (Å²) in [5.41, 5.74) is 1.66. The van der Waals surface area contributed by atoms with Gasteiger partial charge in [0.25, 0.3) is 0 Å². The molecule has 0 radical (unpaired) electrons. The number of carbonyl (C=O) groups excluding carboxylic acids is 1. The van der Waals surface area contributed by atoms with Crippen molar-refractivity contribution in [3.05, 3.63) is 18.0 Å². The van der Waals surface area contributed by atoms with Gasteiger partial charge in [-0.2, -0.15) is 5.10 Å². The Kier molecular flexibility index (Phi) is 4.88. The number of aryl methyl sites for hydroxylation is 1. The van der Waals surface area contributed by atoms with Gasteiger partial charge in [-0.25, -0.2) is 4.79 Å². The zero-order valence-corrected chi connectivity index (χ0v) is 15.6. The van der Waals surface area contributed by atoms with E-state index in [0.717, 1.165) is 45.1 Å². The molecule has 3 rings (SSSR count). The monoisotopic (exact) mass is 332 g/mol. The molecule has 24 heavy (non-hydrogen) atoms. The van der Waals surface area contributed by atoms with E-state index in [9.17, 15) is 4.79 Å². The predicted molar refractivity (Wildman–Crippen MR) is 95.9 cm³/mol. The second-order valence-corrected chi connectivity index (χ2v) is 8.74. The Morgan fingerprint density at radius 3 is 2.50 bits per heavy atom. The van der Waals surface area contributed by atoms with E-state index >= 15 is 0 Å². The zero-order chi connectivity index (χ0) is 17.3. The summed E-state index contributed by atoms with van der Waals surface area (Å²) >= 11 is 0. The van der Waals surface area contributed by atoms with E-state index in [1.807, 2.05) is 17.9 Å². The fraction of sp³-hybridized carbons (Fsp3) is 0.789. The molecule has 5 heteroatoms. The number of carbonyl (C=O) groups is 1. The number of nitrogens with one attached hydrogen (secondary N) is 1. The van der Waals surface area contributed by atoms with E-state index < -0.39 is 0 Å². The molecule has 134 valence electrons. The minimum atomic E-state index is 0.153. The SMILES string of the molecule is Cn1nccc1C1CC2CCC(C1)N2C(=O)NCCCC(C)(C)C. The summed E-state index contributed by atoms with van der Waals surface area (Å²) < 4.78 is 1.99. The lowest BCUT2D eigenvalue weighted by Gasteiger charge is -2.39. The quantitative estimate of drug-likeness (QED) is 0.855. The molecule has 1 aromatic heterocycles. The summed E-state index contributed by atoms with van der Waals surface area (Å²) in [6.45, 7) is 7.53. The van der Waals surface area contributed by atoms with Gasteiger partial charge >= 0.3 is 6.03 Å². The van der Waals surface area contributed by atoms with Crippen LogP contribution in [0.1, 0.15) is 70.9 Å². The van der Waals surface area contributed by atoms with Crippen LogP contribution in [-0.2, 0) is 7.05 Å². The number of urea groups is 1. The van der Waals surface area contributed by atoms with Gasteiger partial charge in [-0.05, 0) is 50.0 Å². The van der Waals surface area contributed by atoms with Gasteiger partial charge < -0.3 is 10.2 Å². The van der Waals surface area contributed by atoms with Crippen LogP contribution in [-0.4, -0.2) is 39.3 Å². The number of fused-ring (bicyclic) bond motifs is 2. The van der Waals surface area contributed by atoms with Crippen molar-refractivity contribution in [2.45, 2.75) is 77.3 Å². The van der Waals surface area contributed by atoms with E-state index in [4.69, 9.17) is 0 Å². The molecular weight excluding hydrogens is 300 g/mol. The predicted octanol–water partition coefficient (Wildman–Crippen LogP) is 3.67. The highest BCUT2D eigenvalue weighted by molar-refractivity contribution is 5.75. The molecule has 0 aliphatic carbocycles. The van der Waals surface area contributed by atoms with Gasteiger partial charge in [0.1, 0.15) is 0 Å². The molecule has 5 nitrogen and oxygen atoms in total. The molecular formula is C19H32N4O. The highest BCUT2D eigenvalue weighted by atomic mass is 16.2. The molecule has 3 heterocycles. The third-order valence-corrected chi connectivity index (χ3v) is 5.62. The van der Waals surface area contributed by atoms with Crippen LogP contribution in [0.15, 0.2) is 12.3 Å². The highest BCUT2D eigenvalue weighted by Crippen LogP contribution is 2.42. The summed E-state index contributed by atoms with van der Waals surface area (Å²) in [5.74, 6) is 0.542. The largest absolute Gasteiger partial charge is 0.338 e. The molecule has 1 N–H and O–H groups in total. The third-order valence-electron chi connectivity index (χ3n) is 5.62. The van der Waals surface area contributed by atoms with Gasteiger partial charge in [0.2, 0.25) is 0 Å². The molecule has 2 unspecified atom stereocenters. The van der Waals surface area contributed by atoms with Gasteiger partial charge in [-0.1, -0.05) is 20.8 Å². The average molecular weight is 332 g/mol. The number of rotatable bonds is 4. The van der Waals surface area contributed by atoms with Crippen LogP contribution in [0.2, 0.25) is 0 Å². The van der Waals surface area contributed by atoms with Gasteiger partial charge in [-0.3, -0.25) is 4.68 Å². The van der Waals surface area contributed by atoms with E-state index in [-0.39, 0.29) is 6.03 Å². The van der Waals surface area contributed by atoms with Crippen molar-refractivity contribution in [3.8, 4) is 0 Å². The second kappa shape index (κ2) is 6.77. The normalized spacial score (nSPS) is 26.7. The highest BCUT2D eigenvalue weighted by Gasteiger charge is 2.44. The van der Waals surface area contributed by atoms with Crippen LogP contribution in [0, 0.1) is 5.41 Å². The molecule has 2 bridgehead atoms. The number of hydrogen-bond acceptors (Lipinski definition) is 2. The molecule has 0 saturated carbocycles. The first-order chi connectivity index (χ1) is 11.3. The fourth-order valence-corrected chi connectivity index (χ4v) is 4.44. The number of amides is 2. The summed E-state index contributed by atoms with van der Waals surface area (Å²) in [7, 11) is 2.02. The lowest BCUT2D eigenvalue weighted by Crippen LogP contribution is -2.50. The molecule has 0 aromatic carbocycles. The van der Waals surface area contributed by atoms with E-state index in [2.05, 4.69) is 42.2 Å². The molecule has 2 atom stereocenters. The summed E-state index contributed by atoms with van der Waals surface area (Å²) in [6, 6.07) is 3.07. The molecule has 2 saturated heterocycles. The summed E-state index contributed by atoms with van der Waals surface area (Å²) in [6.07, 6.45) is 8.52. The van der Waals surface area contributed by atoms with Crippen LogP contribution < -0.4 is 5.32 Å². The van der Waals surface area contributed by atoms with Crippen LogP contribution in [0.25, 0.3) is 0 Å². The molecule has 0 spiro atoms. The third kappa shape index (κ3) is 3.76. The summed E-state index contributed by atoms with van der Waals surface area (Å²) in [5, 5.41) is 7.47. The Morgan fingerprint density at radius 2 is 1.96 bits per heavy atom. The van der Waals surface area contributed by atoms with Crippen LogP contribution in [0.4, 0.5) is 4.79 Å². The molecule has 2 amide bonds. The maximum absolute atomic E-state index is 12.6. The van der Waals surface area contributed by atoms with Crippen LogP contribution in [0.3, 0.4) is 0 Å². The number of aromatic nitrogens is 2. The van der Waals surface area contributed by atoms with Crippen molar-refractivity contribution < 1.29 is 4.79 Å². The van der Waals surface area contributed by atoms with Crippen LogP contribution >= 0.6 is 0 Å². The van der Waals surface area contributed by atoms with Gasteiger partial charge in [0.05, 0.1) is 0 Å². The first-order valence-corrected chi connectivity index (χ1v) is 9.39. The zero-order valence-electron chi connectivity index (χ0n) is 15.6. The Labute approximate surface area is 145 Å². The van der Waals surface area contributed by atoms with Gasteiger partial charge in [0, 0.05) is 43.5 Å². The Morgan fingerprint density at radius 1 is 1.29 bits per heavy atom. The Bertz CT molecular complexity index is 560. The van der Waals surface area contributed by atoms with Crippen LogP contribution in [0.5, 0.6) is 0 Å². The Hall–Kier alpha value is -1.52. The number of piperidine rings is 1. The van der Waals surface area contributed by atoms with Crippen molar-refractivity contribution in [1.29, 1.82) is 0 Å². The van der Waals surface area contributed by atoms with Crippen molar-refractivity contribution in [2.24, 2.45) is 12.5 Å². The van der Waals surface area contributed by atoms with E-state index in [1.54, 1.807) is 0 Å². The lowest BCUT2D eigenvalue weighted by atomic mass is 9.88. The van der Waals surface area contributed by atoms with Gasteiger partial charge in [0.15, 0.2) is 0 Å². The first-order valence-electron chi connectivity index (χ1n) is 9.39. The summed E-state index contributed by atoms with van der Waals surface area (Å²) in [4.78, 5) is 14.8. The first kappa shape index (κ1) is 17.3. The molecule has 2 fully saturated rings. The second-order valence-electron chi connectivity index (χ2n) is 8.74. The van der Waals surface area contributed by atoms with Crippen molar-refractivity contribution in [1.82, 2.24) is 20.0 Å². The van der Waals surface area contributed by atoms with E-state index in [0.29, 0.717) is 23.4 Å². The maximum Gasteiger partial charge on any atom is 0.317 e. The van der Waals surface area contributed by atoms with Gasteiger partial charge in [-0.15, -0.1) is 0 Å². The smallest absolute Gasteiger partial charge is 0.317 e. The van der Waals surface area contributed by atoms with E-state index in [1.165, 1.54) is 5.69 Å². The standard InChI is InChI=1S/C19H32N4O/c1-19(2,3)9-5-10-20-18(24)23-15-6-7-16(23)13-14(12-15)17-8-11-21-22(17)4/h8,11,14-16H,5-7,9-10,12-13H2,1-4H3,(H,20,24). The topological polar surface area (TPSA) is 50.2 Å². The Balaban J connectivity index is 1.53. The number of hydrogen-bond donors (Lipinski definition) is 1. The molecule has 1 aromatic rings. The minimum Gasteiger partial charge on any atom is -0.338 e. The van der Waals surface area contributed by atoms with Crippen molar-refractivity contribution >= 4 is 6.03 Å².